The summed E-state index contributed by atoms with van der Waals surface area (Å²) in [5.41, 5.74) is 0. The van der Waals surface area contributed by atoms with E-state index in [0.29, 0.717) is 6.54 Å². The predicted molar refractivity (Wildman–Crippen MR) is 106 cm³/mol. The SMILES string of the molecule is CNC(=O)C(=O)NCCCC/C=C\CCCCCCCCCI. The lowest BCUT2D eigenvalue weighted by atomic mass is 10.1. The fourth-order valence-corrected chi connectivity index (χ4v) is 2.80. The number of hydrogen-bond acceptors (Lipinski definition) is 2. The molecule has 134 valence electrons. The molecule has 0 radical (unpaired) electrons. The molecule has 4 nitrogen and oxygen atoms in total. The van der Waals surface area contributed by atoms with Crippen LogP contribution in [0.15, 0.2) is 12.2 Å². The zero-order valence-corrected chi connectivity index (χ0v) is 16.7. The fraction of sp³-hybridized carbons (Fsp3) is 0.778. The smallest absolute Gasteiger partial charge is 0.309 e. The molecule has 0 atom stereocenters. The summed E-state index contributed by atoms with van der Waals surface area (Å²) in [4.78, 5) is 22.1. The molecule has 0 heterocycles. The summed E-state index contributed by atoms with van der Waals surface area (Å²) in [6.07, 6.45) is 18.3. The second-order valence-corrected chi connectivity index (χ2v) is 6.83. The Hall–Kier alpha value is -0.590. The van der Waals surface area contributed by atoms with Gasteiger partial charge in [-0.1, -0.05) is 66.8 Å². The Kier molecular flexibility index (Phi) is 17.3. The molecular weight excluding hydrogens is 403 g/mol. The number of halogens is 1. The maximum absolute atomic E-state index is 11.2. The Morgan fingerprint density at radius 2 is 1.30 bits per heavy atom. The third kappa shape index (κ3) is 16.1. The van der Waals surface area contributed by atoms with E-state index in [9.17, 15) is 9.59 Å². The highest BCUT2D eigenvalue weighted by molar-refractivity contribution is 14.1. The maximum Gasteiger partial charge on any atom is 0.309 e. The van der Waals surface area contributed by atoms with Gasteiger partial charge in [0, 0.05) is 13.6 Å². The number of alkyl halides is 1. The van der Waals surface area contributed by atoms with E-state index in [4.69, 9.17) is 0 Å². The summed E-state index contributed by atoms with van der Waals surface area (Å²) >= 11 is 2.45. The second kappa shape index (κ2) is 17.8. The van der Waals surface area contributed by atoms with Crippen molar-refractivity contribution < 1.29 is 9.59 Å². The van der Waals surface area contributed by atoms with Crippen molar-refractivity contribution in [2.24, 2.45) is 0 Å². The molecule has 2 N–H and O–H groups in total. The number of carbonyl (C=O) groups excluding carboxylic acids is 2. The van der Waals surface area contributed by atoms with Gasteiger partial charge in [0.1, 0.15) is 0 Å². The van der Waals surface area contributed by atoms with E-state index in [1.807, 2.05) is 0 Å². The quantitative estimate of drug-likeness (QED) is 0.141. The number of hydrogen-bond donors (Lipinski definition) is 2. The minimum atomic E-state index is -0.574. The molecule has 23 heavy (non-hydrogen) atoms. The fourth-order valence-electron chi connectivity index (χ4n) is 2.26. The number of likely N-dealkylation sites (N-methyl/N-ethyl adjacent to an activating group) is 1. The van der Waals surface area contributed by atoms with Crippen molar-refractivity contribution in [2.75, 3.05) is 18.0 Å². The van der Waals surface area contributed by atoms with Crippen molar-refractivity contribution in [3.05, 3.63) is 12.2 Å². The Labute approximate surface area is 155 Å². The van der Waals surface area contributed by atoms with Gasteiger partial charge in [-0.25, -0.2) is 0 Å². The van der Waals surface area contributed by atoms with Crippen LogP contribution in [0.1, 0.15) is 70.6 Å². The lowest BCUT2D eigenvalue weighted by Crippen LogP contribution is -2.38. The third-order valence-corrected chi connectivity index (χ3v) is 4.45. The minimum absolute atomic E-state index is 0.544. The monoisotopic (exact) mass is 436 g/mol. The molecule has 0 spiro atoms. The van der Waals surface area contributed by atoms with Crippen molar-refractivity contribution >= 4 is 34.4 Å². The Morgan fingerprint density at radius 1 is 0.783 bits per heavy atom. The molecule has 0 fully saturated rings. The first kappa shape index (κ1) is 22.4. The van der Waals surface area contributed by atoms with Crippen LogP contribution in [0.5, 0.6) is 0 Å². The van der Waals surface area contributed by atoms with Crippen molar-refractivity contribution in [2.45, 2.75) is 70.6 Å². The van der Waals surface area contributed by atoms with Crippen LogP contribution in [0.3, 0.4) is 0 Å². The topological polar surface area (TPSA) is 58.2 Å². The van der Waals surface area contributed by atoms with Gasteiger partial charge < -0.3 is 10.6 Å². The summed E-state index contributed by atoms with van der Waals surface area (Å²) in [6, 6.07) is 0. The first-order valence-electron chi connectivity index (χ1n) is 8.93. The van der Waals surface area contributed by atoms with Crippen molar-refractivity contribution in [1.29, 1.82) is 0 Å². The third-order valence-electron chi connectivity index (χ3n) is 3.69. The zero-order valence-electron chi connectivity index (χ0n) is 14.5. The number of allylic oxidation sites excluding steroid dienone is 2. The molecule has 0 rings (SSSR count). The van der Waals surface area contributed by atoms with Crippen LogP contribution < -0.4 is 10.6 Å². The molecule has 0 saturated carbocycles. The number of carbonyl (C=O) groups is 2. The largest absolute Gasteiger partial charge is 0.351 e. The van der Waals surface area contributed by atoms with Crippen molar-refractivity contribution in [1.82, 2.24) is 10.6 Å². The Balaban J connectivity index is 3.23. The number of unbranched alkanes of at least 4 members (excludes halogenated alkanes) is 9. The van der Waals surface area contributed by atoms with Gasteiger partial charge in [-0.15, -0.1) is 0 Å². The van der Waals surface area contributed by atoms with Gasteiger partial charge in [-0.2, -0.15) is 0 Å². The Morgan fingerprint density at radius 3 is 1.87 bits per heavy atom. The normalized spacial score (nSPS) is 10.9. The first-order valence-corrected chi connectivity index (χ1v) is 10.5. The van der Waals surface area contributed by atoms with E-state index >= 15 is 0 Å². The first-order chi connectivity index (χ1) is 11.2. The summed E-state index contributed by atoms with van der Waals surface area (Å²) in [6.45, 7) is 0.567. The molecule has 0 aliphatic heterocycles. The number of nitrogens with one attached hydrogen (secondary N) is 2. The average Bonchev–Trinajstić information content (AvgIpc) is 2.57. The lowest BCUT2D eigenvalue weighted by molar-refractivity contribution is -0.138. The zero-order chi connectivity index (χ0) is 17.2. The second-order valence-electron chi connectivity index (χ2n) is 5.75. The molecule has 0 bridgehead atoms. The van der Waals surface area contributed by atoms with Crippen LogP contribution in [0.2, 0.25) is 0 Å². The summed E-state index contributed by atoms with van der Waals surface area (Å²) in [5.74, 6) is -1.12. The molecule has 2 amide bonds. The molecule has 0 aliphatic carbocycles. The summed E-state index contributed by atoms with van der Waals surface area (Å²) < 4.78 is 1.29. The maximum atomic E-state index is 11.2. The van der Waals surface area contributed by atoms with E-state index in [-0.39, 0.29) is 0 Å². The molecule has 5 heteroatoms. The van der Waals surface area contributed by atoms with Gasteiger partial charge in [0.25, 0.3) is 0 Å². The molecule has 0 aliphatic rings. The van der Waals surface area contributed by atoms with E-state index in [0.717, 1.165) is 19.3 Å². The molecule has 0 aromatic heterocycles. The van der Waals surface area contributed by atoms with Gasteiger partial charge in [0.05, 0.1) is 0 Å². The highest BCUT2D eigenvalue weighted by atomic mass is 127. The van der Waals surface area contributed by atoms with Crippen LogP contribution in [0.25, 0.3) is 0 Å². The summed E-state index contributed by atoms with van der Waals surface area (Å²) in [7, 11) is 1.46. The van der Waals surface area contributed by atoms with Gasteiger partial charge >= 0.3 is 11.8 Å². The van der Waals surface area contributed by atoms with Crippen molar-refractivity contribution in [3.63, 3.8) is 0 Å². The molecule has 0 aromatic rings. The molecule has 0 unspecified atom stereocenters. The minimum Gasteiger partial charge on any atom is -0.351 e. The molecule has 0 aromatic carbocycles. The van der Waals surface area contributed by atoms with E-state index in [2.05, 4.69) is 45.4 Å². The van der Waals surface area contributed by atoms with Crippen LogP contribution in [0, 0.1) is 0 Å². The van der Waals surface area contributed by atoms with Crippen LogP contribution >= 0.6 is 22.6 Å². The van der Waals surface area contributed by atoms with Crippen LogP contribution in [-0.4, -0.2) is 29.8 Å². The highest BCUT2D eigenvalue weighted by Crippen LogP contribution is 2.09. The number of rotatable bonds is 14. The van der Waals surface area contributed by atoms with Gasteiger partial charge in [-0.3, -0.25) is 9.59 Å². The number of amides is 2. The van der Waals surface area contributed by atoms with E-state index in [1.165, 1.54) is 62.8 Å². The van der Waals surface area contributed by atoms with Crippen LogP contribution in [0.4, 0.5) is 0 Å². The Bertz CT molecular complexity index is 333. The predicted octanol–water partition coefficient (Wildman–Crippen LogP) is 4.13. The highest BCUT2D eigenvalue weighted by Gasteiger charge is 2.08. The van der Waals surface area contributed by atoms with Crippen LogP contribution in [-0.2, 0) is 9.59 Å². The molecule has 0 saturated heterocycles. The van der Waals surface area contributed by atoms with E-state index < -0.39 is 11.8 Å². The van der Waals surface area contributed by atoms with Crippen molar-refractivity contribution in [3.8, 4) is 0 Å². The lowest BCUT2D eigenvalue weighted by Gasteiger charge is -2.02. The van der Waals surface area contributed by atoms with E-state index in [1.54, 1.807) is 0 Å². The van der Waals surface area contributed by atoms with Gasteiger partial charge in [-0.05, 0) is 43.0 Å². The molecular formula is C18H33IN2O2. The van der Waals surface area contributed by atoms with Gasteiger partial charge in [0.2, 0.25) is 0 Å². The summed E-state index contributed by atoms with van der Waals surface area (Å²) in [5, 5.41) is 4.91. The average molecular weight is 436 g/mol. The standard InChI is InChI=1S/C18H33IN2O2/c1-20-17(22)18(23)21-16-14-12-10-8-6-4-2-3-5-7-9-11-13-15-19/h6,8H,2-5,7,9-16H2,1H3,(H,20,22)(H,21,23)/b8-6-. The van der Waals surface area contributed by atoms with Gasteiger partial charge in [0.15, 0.2) is 0 Å².